The Kier molecular flexibility index (Phi) is 5.46. The number of rotatable bonds is 4. The summed E-state index contributed by atoms with van der Waals surface area (Å²) in [4.78, 5) is 26.5. The zero-order valence-electron chi connectivity index (χ0n) is 14.5. The Labute approximate surface area is 154 Å². The average Bonchev–Trinajstić information content (AvgIpc) is 3.24. The zero-order valence-corrected chi connectivity index (χ0v) is 15.3. The monoisotopic (exact) mass is 377 g/mol. The molecular weight excluding hydrogens is 357 g/mol. The van der Waals surface area contributed by atoms with Crippen molar-refractivity contribution in [3.8, 4) is 0 Å². The number of likely N-dealkylation sites (tertiary alicyclic amines) is 1. The summed E-state index contributed by atoms with van der Waals surface area (Å²) in [6.07, 6.45) is 1.29. The van der Waals surface area contributed by atoms with Crippen LogP contribution in [0.5, 0.6) is 0 Å². The van der Waals surface area contributed by atoms with E-state index in [0.717, 1.165) is 11.4 Å². The van der Waals surface area contributed by atoms with Gasteiger partial charge in [0.25, 0.3) is 0 Å². The van der Waals surface area contributed by atoms with Gasteiger partial charge in [-0.15, -0.1) is 10.2 Å². The number of nitrogens with zero attached hydrogens (tertiary/aromatic N) is 3. The second-order valence-corrected chi connectivity index (χ2v) is 7.39. The van der Waals surface area contributed by atoms with Crippen LogP contribution in [0.4, 0.5) is 20.0 Å². The number of aromatic nitrogens is 2. The summed E-state index contributed by atoms with van der Waals surface area (Å²) in [7, 11) is 0. The fourth-order valence-electron chi connectivity index (χ4n) is 2.75. The van der Waals surface area contributed by atoms with Crippen LogP contribution in [-0.2, 0) is 4.79 Å². The molecule has 1 saturated heterocycles. The standard InChI is InChI=1S/C17H20FN5O2S/c1-10(2)15-21-22-16(26-15)20-14(24)13-7-4-8-23(13)17(25)19-12-6-3-5-11(18)9-12/h3,5-6,9-10,13H,4,7-8H2,1-2H3,(H,19,25)(H,20,22,24)/t13-/m1/s1. The number of carbonyl (C=O) groups is 2. The predicted molar refractivity (Wildman–Crippen MR) is 97.8 cm³/mol. The van der Waals surface area contributed by atoms with E-state index in [1.54, 1.807) is 6.07 Å². The third kappa shape index (κ3) is 4.16. The molecule has 1 fully saturated rings. The minimum Gasteiger partial charge on any atom is -0.312 e. The lowest BCUT2D eigenvalue weighted by atomic mass is 10.2. The lowest BCUT2D eigenvalue weighted by molar-refractivity contribution is -0.119. The first-order valence-corrected chi connectivity index (χ1v) is 9.23. The minimum atomic E-state index is -0.588. The van der Waals surface area contributed by atoms with E-state index < -0.39 is 17.9 Å². The van der Waals surface area contributed by atoms with Gasteiger partial charge in [0.2, 0.25) is 11.0 Å². The van der Waals surface area contributed by atoms with Crippen LogP contribution in [0.3, 0.4) is 0 Å². The molecule has 1 aliphatic rings. The Morgan fingerprint density at radius 3 is 2.81 bits per heavy atom. The molecule has 0 unspecified atom stereocenters. The molecule has 0 bridgehead atoms. The molecular formula is C17H20FN5O2S. The Bertz CT molecular complexity index is 810. The largest absolute Gasteiger partial charge is 0.322 e. The van der Waals surface area contributed by atoms with Crippen molar-refractivity contribution < 1.29 is 14.0 Å². The Morgan fingerprint density at radius 1 is 1.31 bits per heavy atom. The lowest BCUT2D eigenvalue weighted by Gasteiger charge is -2.23. The third-order valence-electron chi connectivity index (χ3n) is 4.06. The number of urea groups is 1. The SMILES string of the molecule is CC(C)c1nnc(NC(=O)[C@H]2CCCN2C(=O)Nc2cccc(F)c2)s1. The van der Waals surface area contributed by atoms with E-state index in [2.05, 4.69) is 20.8 Å². The number of carbonyl (C=O) groups excluding carboxylic acids is 2. The number of benzene rings is 1. The van der Waals surface area contributed by atoms with Gasteiger partial charge in [-0.05, 0) is 31.0 Å². The van der Waals surface area contributed by atoms with Gasteiger partial charge in [0.05, 0.1) is 0 Å². The molecule has 3 amide bonds. The van der Waals surface area contributed by atoms with Crippen LogP contribution in [-0.4, -0.2) is 39.6 Å². The van der Waals surface area contributed by atoms with E-state index in [0.29, 0.717) is 23.8 Å². The molecule has 3 rings (SSSR count). The summed E-state index contributed by atoms with van der Waals surface area (Å²) >= 11 is 1.33. The topological polar surface area (TPSA) is 87.2 Å². The fraction of sp³-hybridized carbons (Fsp3) is 0.412. The van der Waals surface area contributed by atoms with Crippen LogP contribution in [0.25, 0.3) is 0 Å². The molecule has 9 heteroatoms. The molecule has 7 nitrogen and oxygen atoms in total. The summed E-state index contributed by atoms with van der Waals surface area (Å²) < 4.78 is 13.3. The molecule has 0 radical (unpaired) electrons. The average molecular weight is 377 g/mol. The maximum absolute atomic E-state index is 13.3. The van der Waals surface area contributed by atoms with E-state index in [1.807, 2.05) is 13.8 Å². The molecule has 1 aromatic heterocycles. The van der Waals surface area contributed by atoms with Gasteiger partial charge >= 0.3 is 6.03 Å². The van der Waals surface area contributed by atoms with E-state index in [9.17, 15) is 14.0 Å². The van der Waals surface area contributed by atoms with Crippen molar-refractivity contribution in [1.29, 1.82) is 0 Å². The van der Waals surface area contributed by atoms with Crippen molar-refractivity contribution in [2.45, 2.75) is 38.6 Å². The van der Waals surface area contributed by atoms with E-state index in [-0.39, 0.29) is 11.8 Å². The van der Waals surface area contributed by atoms with Crippen molar-refractivity contribution in [3.63, 3.8) is 0 Å². The van der Waals surface area contributed by atoms with Gasteiger partial charge in [0.1, 0.15) is 16.9 Å². The van der Waals surface area contributed by atoms with Gasteiger partial charge in [-0.25, -0.2) is 9.18 Å². The van der Waals surface area contributed by atoms with E-state index >= 15 is 0 Å². The van der Waals surface area contributed by atoms with E-state index in [4.69, 9.17) is 0 Å². The van der Waals surface area contributed by atoms with Gasteiger partial charge in [-0.3, -0.25) is 10.1 Å². The molecule has 0 saturated carbocycles. The number of nitrogens with one attached hydrogen (secondary N) is 2. The number of hydrogen-bond acceptors (Lipinski definition) is 5. The highest BCUT2D eigenvalue weighted by molar-refractivity contribution is 7.15. The summed E-state index contributed by atoms with van der Waals surface area (Å²) in [6.45, 7) is 4.47. The van der Waals surface area contributed by atoms with Gasteiger partial charge in [-0.2, -0.15) is 0 Å². The zero-order chi connectivity index (χ0) is 18.7. The van der Waals surface area contributed by atoms with Gasteiger partial charge in [0.15, 0.2) is 0 Å². The van der Waals surface area contributed by atoms with Crippen molar-refractivity contribution in [1.82, 2.24) is 15.1 Å². The molecule has 2 aromatic rings. The highest BCUT2D eigenvalue weighted by atomic mass is 32.1. The Morgan fingerprint density at radius 2 is 2.12 bits per heavy atom. The third-order valence-corrected chi connectivity index (χ3v) is 5.20. The first kappa shape index (κ1) is 18.2. The summed E-state index contributed by atoms with van der Waals surface area (Å²) in [5.41, 5.74) is 0.353. The molecule has 0 aliphatic carbocycles. The number of amides is 3. The number of anilines is 2. The van der Waals surface area contributed by atoms with Crippen molar-refractivity contribution in [2.75, 3.05) is 17.2 Å². The number of halogens is 1. The van der Waals surface area contributed by atoms with Crippen molar-refractivity contribution >= 4 is 34.1 Å². The second-order valence-electron chi connectivity index (χ2n) is 6.38. The number of hydrogen-bond donors (Lipinski definition) is 2. The minimum absolute atomic E-state index is 0.234. The van der Waals surface area contributed by atoms with E-state index in [1.165, 1.54) is 34.4 Å². The molecule has 2 N–H and O–H groups in total. The summed E-state index contributed by atoms with van der Waals surface area (Å²) in [5.74, 6) is -0.489. The maximum atomic E-state index is 13.3. The molecule has 1 aromatic carbocycles. The normalized spacial score (nSPS) is 16.8. The predicted octanol–water partition coefficient (Wildman–Crippen LogP) is 3.44. The van der Waals surface area contributed by atoms with Crippen LogP contribution in [0.15, 0.2) is 24.3 Å². The molecule has 0 spiro atoms. The molecule has 138 valence electrons. The fourth-order valence-corrected chi connectivity index (χ4v) is 3.50. The molecule has 26 heavy (non-hydrogen) atoms. The van der Waals surface area contributed by atoms with Crippen LogP contribution in [0.2, 0.25) is 0 Å². The van der Waals surface area contributed by atoms with Crippen LogP contribution in [0.1, 0.15) is 37.6 Å². The van der Waals surface area contributed by atoms with Crippen LogP contribution >= 0.6 is 11.3 Å². The Hall–Kier alpha value is -2.55. The molecule has 1 aliphatic heterocycles. The first-order chi connectivity index (χ1) is 12.4. The van der Waals surface area contributed by atoms with Gasteiger partial charge < -0.3 is 10.2 Å². The van der Waals surface area contributed by atoms with Crippen LogP contribution in [0, 0.1) is 5.82 Å². The summed E-state index contributed by atoms with van der Waals surface area (Å²) in [5, 5.41) is 14.7. The molecule has 2 heterocycles. The second kappa shape index (κ2) is 7.77. The van der Waals surface area contributed by atoms with Gasteiger partial charge in [-0.1, -0.05) is 31.3 Å². The highest BCUT2D eigenvalue weighted by Gasteiger charge is 2.34. The smallest absolute Gasteiger partial charge is 0.312 e. The summed E-state index contributed by atoms with van der Waals surface area (Å²) in [6, 6.07) is 4.64. The van der Waals surface area contributed by atoms with Crippen molar-refractivity contribution in [3.05, 3.63) is 35.1 Å². The van der Waals surface area contributed by atoms with Crippen LogP contribution < -0.4 is 10.6 Å². The first-order valence-electron chi connectivity index (χ1n) is 8.41. The maximum Gasteiger partial charge on any atom is 0.322 e. The van der Waals surface area contributed by atoms with Crippen molar-refractivity contribution in [2.24, 2.45) is 0 Å². The lowest BCUT2D eigenvalue weighted by Crippen LogP contribution is -2.45. The molecule has 1 atom stereocenters. The Balaban J connectivity index is 1.64. The highest BCUT2D eigenvalue weighted by Crippen LogP contribution is 2.25. The quantitative estimate of drug-likeness (QED) is 0.854. The van der Waals surface area contributed by atoms with Gasteiger partial charge in [0, 0.05) is 18.2 Å².